The Morgan fingerprint density at radius 2 is 2.06 bits per heavy atom. The normalized spacial score (nSPS) is 25.8. The Balaban J connectivity index is 0.00000108. The molecule has 3 rings (SSSR count). The highest BCUT2D eigenvalue weighted by molar-refractivity contribution is 5.85. The Kier molecular flexibility index (Phi) is 4.36. The van der Waals surface area contributed by atoms with Gasteiger partial charge in [-0.15, -0.1) is 12.4 Å². The van der Waals surface area contributed by atoms with E-state index in [1.54, 1.807) is 0 Å². The zero-order valence-electron chi connectivity index (χ0n) is 9.72. The molecule has 0 bridgehead atoms. The summed E-state index contributed by atoms with van der Waals surface area (Å²) in [6, 6.07) is 0. The number of hydrogen-bond acceptors (Lipinski definition) is 5. The van der Waals surface area contributed by atoms with Gasteiger partial charge in [-0.2, -0.15) is 4.98 Å². The minimum Gasteiger partial charge on any atom is -0.366 e. The molecule has 6 heteroatoms. The van der Waals surface area contributed by atoms with Crippen LogP contribution in [0.15, 0.2) is 4.52 Å². The van der Waals surface area contributed by atoms with Gasteiger partial charge in [0, 0.05) is 19.0 Å². The molecule has 0 aromatic carbocycles. The Hall–Kier alpha value is -0.650. The average Bonchev–Trinajstić information content (AvgIpc) is 3.01. The predicted molar refractivity (Wildman–Crippen MR) is 64.3 cm³/mol. The van der Waals surface area contributed by atoms with E-state index < -0.39 is 0 Å². The van der Waals surface area contributed by atoms with E-state index in [2.05, 4.69) is 15.5 Å². The van der Waals surface area contributed by atoms with Crippen molar-refractivity contribution in [3.05, 3.63) is 11.7 Å². The molecular weight excluding hydrogens is 242 g/mol. The Bertz CT molecular complexity index is 346. The highest BCUT2D eigenvalue weighted by Crippen LogP contribution is 2.32. The lowest BCUT2D eigenvalue weighted by Gasteiger charge is -2.19. The standard InChI is InChI=1S/C11H17N3O2.ClH/c1-2-4-8(3-1)10-13-11(16-14-10)9-7-12-5-6-15-9;/h8-9,12H,1-7H2;1H. The largest absolute Gasteiger partial charge is 0.366 e. The summed E-state index contributed by atoms with van der Waals surface area (Å²) in [5.41, 5.74) is 0. The summed E-state index contributed by atoms with van der Waals surface area (Å²) in [5.74, 6) is 2.02. The van der Waals surface area contributed by atoms with E-state index in [4.69, 9.17) is 9.26 Å². The van der Waals surface area contributed by atoms with Gasteiger partial charge >= 0.3 is 0 Å². The first-order valence-corrected chi connectivity index (χ1v) is 6.09. The molecule has 1 N–H and O–H groups in total. The van der Waals surface area contributed by atoms with Gasteiger partial charge in [0.2, 0.25) is 0 Å². The first-order valence-electron chi connectivity index (χ1n) is 6.09. The van der Waals surface area contributed by atoms with E-state index >= 15 is 0 Å². The minimum absolute atomic E-state index is 0. The Morgan fingerprint density at radius 1 is 1.24 bits per heavy atom. The smallest absolute Gasteiger partial charge is 0.257 e. The molecule has 1 aromatic rings. The van der Waals surface area contributed by atoms with Gasteiger partial charge in [-0.25, -0.2) is 0 Å². The maximum Gasteiger partial charge on any atom is 0.257 e. The molecule has 96 valence electrons. The van der Waals surface area contributed by atoms with Gasteiger partial charge in [0.1, 0.15) is 6.10 Å². The first kappa shape index (κ1) is 12.8. The second-order valence-electron chi connectivity index (χ2n) is 4.54. The van der Waals surface area contributed by atoms with Gasteiger partial charge in [-0.1, -0.05) is 18.0 Å². The van der Waals surface area contributed by atoms with E-state index in [0.29, 0.717) is 18.4 Å². The van der Waals surface area contributed by atoms with Gasteiger partial charge in [-0.3, -0.25) is 0 Å². The lowest BCUT2D eigenvalue weighted by atomic mass is 10.1. The molecule has 1 aliphatic heterocycles. The van der Waals surface area contributed by atoms with E-state index in [-0.39, 0.29) is 18.5 Å². The molecular formula is C11H18ClN3O2. The molecule has 2 heterocycles. The maximum atomic E-state index is 5.58. The molecule has 0 radical (unpaired) electrons. The SMILES string of the molecule is C1CCC(c2noc(C3CNCCO3)n2)C1.Cl. The lowest BCUT2D eigenvalue weighted by Crippen LogP contribution is -2.33. The van der Waals surface area contributed by atoms with Crippen LogP contribution in [0.2, 0.25) is 0 Å². The quantitative estimate of drug-likeness (QED) is 0.878. The van der Waals surface area contributed by atoms with Gasteiger partial charge in [0.15, 0.2) is 5.82 Å². The topological polar surface area (TPSA) is 60.2 Å². The fourth-order valence-corrected chi connectivity index (χ4v) is 2.45. The van der Waals surface area contributed by atoms with Gasteiger partial charge in [0.25, 0.3) is 5.89 Å². The summed E-state index contributed by atoms with van der Waals surface area (Å²) >= 11 is 0. The minimum atomic E-state index is -0.0589. The Morgan fingerprint density at radius 3 is 2.76 bits per heavy atom. The van der Waals surface area contributed by atoms with E-state index in [1.165, 1.54) is 25.7 Å². The van der Waals surface area contributed by atoms with Crippen molar-refractivity contribution < 1.29 is 9.26 Å². The molecule has 1 aromatic heterocycles. The fraction of sp³-hybridized carbons (Fsp3) is 0.818. The van der Waals surface area contributed by atoms with Crippen LogP contribution >= 0.6 is 12.4 Å². The van der Waals surface area contributed by atoms with Crippen LogP contribution in [0.3, 0.4) is 0 Å². The first-order chi connectivity index (χ1) is 7.93. The number of ether oxygens (including phenoxy) is 1. The third kappa shape index (κ3) is 2.78. The molecule has 5 nitrogen and oxygen atoms in total. The van der Waals surface area contributed by atoms with Gasteiger partial charge in [0.05, 0.1) is 6.61 Å². The van der Waals surface area contributed by atoms with Crippen LogP contribution < -0.4 is 5.32 Å². The third-order valence-electron chi connectivity index (χ3n) is 3.38. The van der Waals surface area contributed by atoms with Crippen molar-refractivity contribution >= 4 is 12.4 Å². The maximum absolute atomic E-state index is 5.58. The van der Waals surface area contributed by atoms with Gasteiger partial charge in [-0.05, 0) is 12.8 Å². The Labute approximate surface area is 107 Å². The molecule has 1 aliphatic carbocycles. The van der Waals surface area contributed by atoms with Crippen LogP contribution in [0.1, 0.15) is 49.4 Å². The molecule has 17 heavy (non-hydrogen) atoms. The summed E-state index contributed by atoms with van der Waals surface area (Å²) in [6.45, 7) is 2.39. The van der Waals surface area contributed by atoms with Crippen molar-refractivity contribution in [2.75, 3.05) is 19.7 Å². The summed E-state index contributed by atoms with van der Waals surface area (Å²) in [7, 11) is 0. The highest BCUT2D eigenvalue weighted by atomic mass is 35.5. The van der Waals surface area contributed by atoms with Crippen LogP contribution in [0.25, 0.3) is 0 Å². The van der Waals surface area contributed by atoms with Crippen molar-refractivity contribution in [1.29, 1.82) is 0 Å². The fourth-order valence-electron chi connectivity index (χ4n) is 2.45. The number of aromatic nitrogens is 2. The molecule has 1 saturated carbocycles. The molecule has 2 fully saturated rings. The molecule has 0 amide bonds. The van der Waals surface area contributed by atoms with Crippen LogP contribution in [-0.2, 0) is 4.74 Å². The third-order valence-corrected chi connectivity index (χ3v) is 3.38. The summed E-state index contributed by atoms with van der Waals surface area (Å²) < 4.78 is 10.9. The molecule has 1 unspecified atom stereocenters. The number of morpholine rings is 1. The number of rotatable bonds is 2. The van der Waals surface area contributed by atoms with Crippen molar-refractivity contribution in [2.24, 2.45) is 0 Å². The molecule has 2 aliphatic rings. The summed E-state index contributed by atoms with van der Waals surface area (Å²) in [4.78, 5) is 4.47. The number of nitrogens with zero attached hydrogens (tertiary/aromatic N) is 2. The molecule has 0 spiro atoms. The van der Waals surface area contributed by atoms with Crippen molar-refractivity contribution in [3.8, 4) is 0 Å². The zero-order valence-corrected chi connectivity index (χ0v) is 10.5. The van der Waals surface area contributed by atoms with Crippen LogP contribution in [0, 0.1) is 0 Å². The monoisotopic (exact) mass is 259 g/mol. The van der Waals surface area contributed by atoms with E-state index in [0.717, 1.165) is 18.9 Å². The summed E-state index contributed by atoms with van der Waals surface area (Å²) in [5, 5.41) is 7.34. The predicted octanol–water partition coefficient (Wildman–Crippen LogP) is 1.81. The van der Waals surface area contributed by atoms with Crippen LogP contribution in [0.4, 0.5) is 0 Å². The number of hydrogen-bond donors (Lipinski definition) is 1. The van der Waals surface area contributed by atoms with Crippen LogP contribution in [-0.4, -0.2) is 29.8 Å². The highest BCUT2D eigenvalue weighted by Gasteiger charge is 2.26. The van der Waals surface area contributed by atoms with E-state index in [1.807, 2.05) is 0 Å². The molecule has 1 saturated heterocycles. The van der Waals surface area contributed by atoms with Crippen molar-refractivity contribution in [1.82, 2.24) is 15.5 Å². The van der Waals surface area contributed by atoms with Crippen molar-refractivity contribution in [2.45, 2.75) is 37.7 Å². The number of nitrogens with one attached hydrogen (secondary N) is 1. The summed E-state index contributed by atoms with van der Waals surface area (Å²) in [6.07, 6.45) is 4.91. The lowest BCUT2D eigenvalue weighted by molar-refractivity contribution is 0.00755. The van der Waals surface area contributed by atoms with Gasteiger partial charge < -0.3 is 14.6 Å². The van der Waals surface area contributed by atoms with Crippen LogP contribution in [0.5, 0.6) is 0 Å². The van der Waals surface area contributed by atoms with Crippen molar-refractivity contribution in [3.63, 3.8) is 0 Å². The molecule has 1 atom stereocenters. The average molecular weight is 260 g/mol. The number of halogens is 1. The zero-order chi connectivity index (χ0) is 10.8. The second-order valence-corrected chi connectivity index (χ2v) is 4.54. The van der Waals surface area contributed by atoms with E-state index in [9.17, 15) is 0 Å². The second kappa shape index (κ2) is 5.80.